The first-order valence-corrected chi connectivity index (χ1v) is 7.71. The summed E-state index contributed by atoms with van der Waals surface area (Å²) in [4.78, 5) is 0. The molecule has 0 aliphatic carbocycles. The second-order valence-corrected chi connectivity index (χ2v) is 6.08. The summed E-state index contributed by atoms with van der Waals surface area (Å²) in [5.41, 5.74) is 1.15. The monoisotopic (exact) mass is 297 g/mol. The lowest BCUT2D eigenvalue weighted by Crippen LogP contribution is -2.30. The largest absolute Gasteiger partial charge is 0.493 e. The van der Waals surface area contributed by atoms with Crippen molar-refractivity contribution in [2.45, 2.75) is 39.2 Å². The summed E-state index contributed by atoms with van der Waals surface area (Å²) in [6.45, 7) is 6.23. The molecular formula is C16H24ClNO2. The minimum Gasteiger partial charge on any atom is -0.493 e. The summed E-state index contributed by atoms with van der Waals surface area (Å²) < 4.78 is 11.2. The van der Waals surface area contributed by atoms with E-state index in [-0.39, 0.29) is 6.10 Å². The van der Waals surface area contributed by atoms with E-state index in [4.69, 9.17) is 21.1 Å². The molecule has 1 heterocycles. The van der Waals surface area contributed by atoms with Gasteiger partial charge in [-0.3, -0.25) is 0 Å². The molecule has 4 heteroatoms. The maximum absolute atomic E-state index is 6.38. The van der Waals surface area contributed by atoms with E-state index in [1.54, 1.807) is 7.11 Å². The van der Waals surface area contributed by atoms with Crippen molar-refractivity contribution in [2.24, 2.45) is 5.92 Å². The molecule has 1 N–H and O–H groups in total. The van der Waals surface area contributed by atoms with Gasteiger partial charge in [-0.2, -0.15) is 0 Å². The average molecular weight is 298 g/mol. The summed E-state index contributed by atoms with van der Waals surface area (Å²) in [6.07, 6.45) is 3.61. The fourth-order valence-electron chi connectivity index (χ4n) is 2.65. The molecule has 1 aromatic rings. The number of methoxy groups -OCH3 is 1. The predicted molar refractivity (Wildman–Crippen MR) is 83.1 cm³/mol. The summed E-state index contributed by atoms with van der Waals surface area (Å²) in [6, 6.07) is 3.90. The van der Waals surface area contributed by atoms with Crippen LogP contribution in [0.25, 0.3) is 0 Å². The topological polar surface area (TPSA) is 30.5 Å². The Morgan fingerprint density at radius 3 is 2.75 bits per heavy atom. The van der Waals surface area contributed by atoms with Crippen molar-refractivity contribution < 1.29 is 9.47 Å². The van der Waals surface area contributed by atoms with E-state index in [2.05, 4.69) is 5.32 Å². The minimum atomic E-state index is 0.120. The first-order valence-electron chi connectivity index (χ1n) is 7.34. The maximum atomic E-state index is 6.38. The summed E-state index contributed by atoms with van der Waals surface area (Å²) >= 11 is 6.38. The van der Waals surface area contributed by atoms with Gasteiger partial charge in [0.05, 0.1) is 13.2 Å². The Morgan fingerprint density at radius 2 is 2.15 bits per heavy atom. The van der Waals surface area contributed by atoms with Crippen LogP contribution < -0.4 is 14.8 Å². The summed E-state index contributed by atoms with van der Waals surface area (Å²) in [7, 11) is 1.64. The lowest BCUT2D eigenvalue weighted by atomic mass is 9.92. The number of halogens is 1. The zero-order valence-corrected chi connectivity index (χ0v) is 13.3. The molecule has 0 spiro atoms. The third-order valence-electron chi connectivity index (χ3n) is 3.60. The van der Waals surface area contributed by atoms with E-state index in [0.717, 1.165) is 35.8 Å². The quantitative estimate of drug-likeness (QED) is 0.899. The SMILES string of the molecule is COc1cc(Cl)c(CC2CCCNC2)cc1OC(C)C. The Morgan fingerprint density at radius 1 is 1.35 bits per heavy atom. The summed E-state index contributed by atoms with van der Waals surface area (Å²) in [5.74, 6) is 2.14. The number of benzene rings is 1. The number of hydrogen-bond acceptors (Lipinski definition) is 3. The van der Waals surface area contributed by atoms with Gasteiger partial charge in [0.15, 0.2) is 11.5 Å². The molecule has 20 heavy (non-hydrogen) atoms. The molecular weight excluding hydrogens is 274 g/mol. The average Bonchev–Trinajstić information content (AvgIpc) is 2.42. The molecule has 2 rings (SSSR count). The Balaban J connectivity index is 2.18. The first kappa shape index (κ1) is 15.5. The van der Waals surface area contributed by atoms with Gasteiger partial charge in [0.25, 0.3) is 0 Å². The summed E-state index contributed by atoms with van der Waals surface area (Å²) in [5, 5.41) is 4.21. The molecule has 1 saturated heterocycles. The molecule has 112 valence electrons. The van der Waals surface area contributed by atoms with Gasteiger partial charge in [0.2, 0.25) is 0 Å². The fourth-order valence-corrected chi connectivity index (χ4v) is 2.88. The van der Waals surface area contributed by atoms with Gasteiger partial charge in [-0.15, -0.1) is 0 Å². The van der Waals surface area contributed by atoms with Crippen molar-refractivity contribution in [3.05, 3.63) is 22.7 Å². The van der Waals surface area contributed by atoms with E-state index in [1.807, 2.05) is 26.0 Å². The highest BCUT2D eigenvalue weighted by Gasteiger charge is 2.17. The van der Waals surface area contributed by atoms with Crippen molar-refractivity contribution in [2.75, 3.05) is 20.2 Å². The number of hydrogen-bond donors (Lipinski definition) is 1. The van der Waals surface area contributed by atoms with Crippen molar-refractivity contribution in [1.82, 2.24) is 5.32 Å². The number of nitrogens with one attached hydrogen (secondary N) is 1. The Kier molecular flexibility index (Phi) is 5.55. The number of ether oxygens (including phenoxy) is 2. The molecule has 0 amide bonds. The molecule has 3 nitrogen and oxygen atoms in total. The van der Waals surface area contributed by atoms with Crippen LogP contribution in [0.1, 0.15) is 32.3 Å². The van der Waals surface area contributed by atoms with Crippen molar-refractivity contribution in [3.63, 3.8) is 0 Å². The van der Waals surface area contributed by atoms with Gasteiger partial charge in [-0.25, -0.2) is 0 Å². The third-order valence-corrected chi connectivity index (χ3v) is 3.95. The van der Waals surface area contributed by atoms with E-state index >= 15 is 0 Å². The molecule has 0 radical (unpaired) electrons. The highest BCUT2D eigenvalue weighted by Crippen LogP contribution is 2.35. The zero-order valence-electron chi connectivity index (χ0n) is 12.5. The van der Waals surface area contributed by atoms with E-state index < -0.39 is 0 Å². The lowest BCUT2D eigenvalue weighted by Gasteiger charge is -2.24. The van der Waals surface area contributed by atoms with Crippen LogP contribution in [0.15, 0.2) is 12.1 Å². The Labute approximate surface area is 126 Å². The molecule has 0 aromatic heterocycles. The molecule has 0 saturated carbocycles. The predicted octanol–water partition coefficient (Wildman–Crippen LogP) is 3.68. The maximum Gasteiger partial charge on any atom is 0.162 e. The van der Waals surface area contributed by atoms with Gasteiger partial charge in [0, 0.05) is 11.1 Å². The van der Waals surface area contributed by atoms with Gasteiger partial charge in [-0.05, 0) is 63.7 Å². The third kappa shape index (κ3) is 4.03. The van der Waals surface area contributed by atoms with E-state index in [9.17, 15) is 0 Å². The Hall–Kier alpha value is -0.930. The van der Waals surface area contributed by atoms with Gasteiger partial charge >= 0.3 is 0 Å². The van der Waals surface area contributed by atoms with Gasteiger partial charge in [-0.1, -0.05) is 11.6 Å². The fraction of sp³-hybridized carbons (Fsp3) is 0.625. The molecule has 1 unspecified atom stereocenters. The standard InChI is InChI=1S/C16H24ClNO2/c1-11(2)20-16-8-13(14(17)9-15(16)19-3)7-12-5-4-6-18-10-12/h8-9,11-12,18H,4-7,10H2,1-3H3. The lowest BCUT2D eigenvalue weighted by molar-refractivity contribution is 0.229. The smallest absolute Gasteiger partial charge is 0.162 e. The molecule has 1 aliphatic heterocycles. The molecule has 1 aliphatic rings. The van der Waals surface area contributed by atoms with Crippen LogP contribution in [0.4, 0.5) is 0 Å². The van der Waals surface area contributed by atoms with E-state index in [0.29, 0.717) is 11.7 Å². The Bertz CT molecular complexity index is 442. The number of piperidine rings is 1. The van der Waals surface area contributed by atoms with Gasteiger partial charge in [0.1, 0.15) is 0 Å². The van der Waals surface area contributed by atoms with Crippen molar-refractivity contribution >= 4 is 11.6 Å². The highest BCUT2D eigenvalue weighted by atomic mass is 35.5. The van der Waals surface area contributed by atoms with Crippen LogP contribution in [0, 0.1) is 5.92 Å². The normalized spacial score (nSPS) is 19.1. The second kappa shape index (κ2) is 7.19. The van der Waals surface area contributed by atoms with Crippen LogP contribution >= 0.6 is 11.6 Å². The van der Waals surface area contributed by atoms with Crippen LogP contribution in [-0.2, 0) is 6.42 Å². The first-order chi connectivity index (χ1) is 9.60. The van der Waals surface area contributed by atoms with Gasteiger partial charge < -0.3 is 14.8 Å². The van der Waals surface area contributed by atoms with Crippen molar-refractivity contribution in [3.8, 4) is 11.5 Å². The van der Waals surface area contributed by atoms with Crippen LogP contribution in [0.2, 0.25) is 5.02 Å². The zero-order chi connectivity index (χ0) is 14.5. The van der Waals surface area contributed by atoms with Crippen LogP contribution in [-0.4, -0.2) is 26.3 Å². The van der Waals surface area contributed by atoms with Crippen molar-refractivity contribution in [1.29, 1.82) is 0 Å². The second-order valence-electron chi connectivity index (χ2n) is 5.68. The molecule has 1 fully saturated rings. The molecule has 1 aromatic carbocycles. The van der Waals surface area contributed by atoms with Crippen LogP contribution in [0.3, 0.4) is 0 Å². The highest BCUT2D eigenvalue weighted by molar-refractivity contribution is 6.31. The van der Waals surface area contributed by atoms with E-state index in [1.165, 1.54) is 12.8 Å². The minimum absolute atomic E-state index is 0.120. The number of rotatable bonds is 5. The van der Waals surface area contributed by atoms with Crippen LogP contribution in [0.5, 0.6) is 11.5 Å². The molecule has 1 atom stereocenters. The molecule has 0 bridgehead atoms.